The zero-order chi connectivity index (χ0) is 12.5. The quantitative estimate of drug-likeness (QED) is 0.724. The average molecular weight is 222 g/mol. The van der Waals surface area contributed by atoms with Crippen molar-refractivity contribution in [3.8, 4) is 0 Å². The molecule has 2 heteroatoms. The van der Waals surface area contributed by atoms with E-state index in [1.165, 1.54) is 11.1 Å². The Balaban J connectivity index is 3.17. The second kappa shape index (κ2) is 4.44. The van der Waals surface area contributed by atoms with Crippen LogP contribution in [0.5, 0.6) is 0 Å². The molecule has 0 saturated carbocycles. The molecule has 0 saturated heterocycles. The van der Waals surface area contributed by atoms with Gasteiger partial charge in [-0.1, -0.05) is 30.2 Å². The Bertz CT molecular complexity index is 348. The molecular formula is C14H22O2. The van der Waals surface area contributed by atoms with Gasteiger partial charge in [0.2, 0.25) is 0 Å². The molecule has 0 aromatic heterocycles. The van der Waals surface area contributed by atoms with Crippen molar-refractivity contribution >= 4 is 5.97 Å². The summed E-state index contributed by atoms with van der Waals surface area (Å²) in [4.78, 5) is 11.5. The van der Waals surface area contributed by atoms with Gasteiger partial charge >= 0.3 is 5.97 Å². The topological polar surface area (TPSA) is 37.3 Å². The minimum Gasteiger partial charge on any atom is -0.481 e. The number of aliphatic carboxylic acids is 1. The van der Waals surface area contributed by atoms with Crippen molar-refractivity contribution in [1.29, 1.82) is 0 Å². The molecular weight excluding hydrogens is 200 g/mol. The van der Waals surface area contributed by atoms with E-state index in [4.69, 9.17) is 0 Å². The van der Waals surface area contributed by atoms with Gasteiger partial charge < -0.3 is 5.11 Å². The monoisotopic (exact) mass is 222 g/mol. The summed E-state index contributed by atoms with van der Waals surface area (Å²) in [7, 11) is 0. The van der Waals surface area contributed by atoms with Gasteiger partial charge in [0.15, 0.2) is 0 Å². The highest BCUT2D eigenvalue weighted by Gasteiger charge is 2.43. The molecule has 0 radical (unpaired) electrons. The number of carboxylic acid groups (broad SMARTS) is 1. The highest BCUT2D eigenvalue weighted by atomic mass is 16.4. The predicted molar refractivity (Wildman–Crippen MR) is 66.2 cm³/mol. The third kappa shape index (κ3) is 2.37. The summed E-state index contributed by atoms with van der Waals surface area (Å²) in [6.07, 6.45) is 4.91. The molecule has 0 aromatic rings. The van der Waals surface area contributed by atoms with Crippen molar-refractivity contribution < 1.29 is 9.90 Å². The standard InChI is InChI=1S/C14H22O2/c1-9(2)6-12-7-10(3)11(4)8-14(12,5)13(15)16/h6-7,11-12H,8H2,1-5H3,(H,15,16)/t11?,12?,14-/m1/s1. The third-order valence-electron chi connectivity index (χ3n) is 3.69. The lowest BCUT2D eigenvalue weighted by Gasteiger charge is -2.38. The fourth-order valence-corrected chi connectivity index (χ4v) is 2.39. The molecule has 0 bridgehead atoms. The molecule has 2 nitrogen and oxygen atoms in total. The number of hydrogen-bond acceptors (Lipinski definition) is 1. The van der Waals surface area contributed by atoms with Gasteiger partial charge in [-0.3, -0.25) is 4.79 Å². The summed E-state index contributed by atoms with van der Waals surface area (Å²) in [6, 6.07) is 0. The van der Waals surface area contributed by atoms with Gasteiger partial charge in [0.1, 0.15) is 0 Å². The van der Waals surface area contributed by atoms with E-state index in [1.54, 1.807) is 0 Å². The van der Waals surface area contributed by atoms with E-state index in [1.807, 2.05) is 20.8 Å². The minimum absolute atomic E-state index is 0.0196. The van der Waals surface area contributed by atoms with Gasteiger partial charge in [-0.2, -0.15) is 0 Å². The first-order valence-electron chi connectivity index (χ1n) is 5.84. The van der Waals surface area contributed by atoms with E-state index in [0.717, 1.165) is 6.42 Å². The minimum atomic E-state index is -0.689. The van der Waals surface area contributed by atoms with Crippen LogP contribution in [0.15, 0.2) is 23.3 Å². The van der Waals surface area contributed by atoms with Gasteiger partial charge in [0.25, 0.3) is 0 Å². The Hall–Kier alpha value is -1.05. The molecule has 0 amide bonds. The summed E-state index contributed by atoms with van der Waals surface area (Å²) < 4.78 is 0. The predicted octanol–water partition coefficient (Wildman–Crippen LogP) is 3.65. The second-order valence-corrected chi connectivity index (χ2v) is 5.51. The van der Waals surface area contributed by atoms with Gasteiger partial charge in [-0.15, -0.1) is 0 Å². The second-order valence-electron chi connectivity index (χ2n) is 5.51. The summed E-state index contributed by atoms with van der Waals surface area (Å²) in [6.45, 7) is 10.1. The first-order chi connectivity index (χ1) is 7.27. The van der Waals surface area contributed by atoms with E-state index in [0.29, 0.717) is 5.92 Å². The molecule has 0 aliphatic heterocycles. The van der Waals surface area contributed by atoms with E-state index in [2.05, 4.69) is 26.0 Å². The van der Waals surface area contributed by atoms with Crippen LogP contribution in [0.25, 0.3) is 0 Å². The molecule has 0 aromatic carbocycles. The molecule has 1 N–H and O–H groups in total. The maximum atomic E-state index is 11.5. The van der Waals surface area contributed by atoms with Crippen LogP contribution in [-0.4, -0.2) is 11.1 Å². The number of hydrogen-bond donors (Lipinski definition) is 1. The van der Waals surface area contributed by atoms with Crippen LogP contribution in [0.1, 0.15) is 41.0 Å². The number of carbonyl (C=O) groups is 1. The molecule has 1 aliphatic rings. The van der Waals surface area contributed by atoms with E-state index < -0.39 is 11.4 Å². The molecule has 0 fully saturated rings. The Labute approximate surface area is 98.1 Å². The fraction of sp³-hybridized carbons (Fsp3) is 0.643. The first kappa shape index (κ1) is 13.0. The highest BCUT2D eigenvalue weighted by molar-refractivity contribution is 5.76. The van der Waals surface area contributed by atoms with Gasteiger partial charge in [0.05, 0.1) is 5.41 Å². The summed E-state index contributed by atoms with van der Waals surface area (Å²) >= 11 is 0. The van der Waals surface area contributed by atoms with Crippen LogP contribution in [0, 0.1) is 17.3 Å². The third-order valence-corrected chi connectivity index (χ3v) is 3.69. The van der Waals surface area contributed by atoms with Crippen LogP contribution in [0.2, 0.25) is 0 Å². The Morgan fingerprint density at radius 2 is 2.12 bits per heavy atom. The lowest BCUT2D eigenvalue weighted by Crippen LogP contribution is -2.39. The molecule has 1 aliphatic carbocycles. The molecule has 3 atom stereocenters. The van der Waals surface area contributed by atoms with Crippen molar-refractivity contribution in [2.24, 2.45) is 17.3 Å². The van der Waals surface area contributed by atoms with Crippen molar-refractivity contribution in [1.82, 2.24) is 0 Å². The van der Waals surface area contributed by atoms with Crippen LogP contribution < -0.4 is 0 Å². The maximum absolute atomic E-state index is 11.5. The van der Waals surface area contributed by atoms with E-state index in [-0.39, 0.29) is 5.92 Å². The Morgan fingerprint density at radius 3 is 2.56 bits per heavy atom. The Kier molecular flexibility index (Phi) is 3.61. The lowest BCUT2D eigenvalue weighted by molar-refractivity contribution is -0.150. The first-order valence-corrected chi connectivity index (χ1v) is 5.84. The van der Waals surface area contributed by atoms with Crippen molar-refractivity contribution in [3.05, 3.63) is 23.3 Å². The average Bonchev–Trinajstić information content (AvgIpc) is 2.13. The molecule has 0 heterocycles. The SMILES string of the molecule is CC(C)=CC1C=C(C)C(C)C[C@@]1(C)C(=O)O. The van der Waals surface area contributed by atoms with Crippen molar-refractivity contribution in [3.63, 3.8) is 0 Å². The molecule has 1 rings (SSSR count). The highest BCUT2D eigenvalue weighted by Crippen LogP contribution is 2.43. The van der Waals surface area contributed by atoms with Gasteiger partial charge in [-0.25, -0.2) is 0 Å². The van der Waals surface area contributed by atoms with Crippen LogP contribution >= 0.6 is 0 Å². The van der Waals surface area contributed by atoms with Gasteiger partial charge in [0, 0.05) is 5.92 Å². The fourth-order valence-electron chi connectivity index (χ4n) is 2.39. The smallest absolute Gasteiger partial charge is 0.310 e. The van der Waals surface area contributed by atoms with Crippen LogP contribution in [-0.2, 0) is 4.79 Å². The summed E-state index contributed by atoms with van der Waals surface area (Å²) in [5.41, 5.74) is 1.83. The Morgan fingerprint density at radius 1 is 1.56 bits per heavy atom. The van der Waals surface area contributed by atoms with Crippen molar-refractivity contribution in [2.45, 2.75) is 41.0 Å². The molecule has 0 spiro atoms. The lowest BCUT2D eigenvalue weighted by atomic mass is 9.65. The summed E-state index contributed by atoms with van der Waals surface area (Å²) in [5, 5.41) is 9.43. The zero-order valence-electron chi connectivity index (χ0n) is 10.9. The van der Waals surface area contributed by atoms with E-state index >= 15 is 0 Å². The number of rotatable bonds is 2. The zero-order valence-corrected chi connectivity index (χ0v) is 10.9. The molecule has 16 heavy (non-hydrogen) atoms. The maximum Gasteiger partial charge on any atom is 0.310 e. The van der Waals surface area contributed by atoms with E-state index in [9.17, 15) is 9.90 Å². The largest absolute Gasteiger partial charge is 0.481 e. The normalized spacial score (nSPS) is 34.2. The van der Waals surface area contributed by atoms with Gasteiger partial charge in [-0.05, 0) is 40.0 Å². The number of allylic oxidation sites excluding steroid dienone is 4. The van der Waals surface area contributed by atoms with Crippen LogP contribution in [0.4, 0.5) is 0 Å². The molecule has 2 unspecified atom stereocenters. The molecule has 90 valence electrons. The van der Waals surface area contributed by atoms with Crippen LogP contribution in [0.3, 0.4) is 0 Å². The number of carboxylic acids is 1. The summed E-state index contributed by atoms with van der Waals surface area (Å²) in [5.74, 6) is -0.306. The van der Waals surface area contributed by atoms with Crippen molar-refractivity contribution in [2.75, 3.05) is 0 Å².